The Morgan fingerprint density at radius 3 is 2.67 bits per heavy atom. The fraction of sp³-hybridized carbons (Fsp3) is 0.667. The molecule has 3 nitrogen and oxygen atoms in total. The Balaban J connectivity index is 2.57. The Morgan fingerprint density at radius 1 is 1.39 bits per heavy atom. The molecule has 6 heteroatoms. The molecule has 0 aliphatic heterocycles. The molecular weight excluding hydrogens is 291 g/mol. The average Bonchev–Trinajstić information content (AvgIpc) is 2.78. The molecule has 0 fully saturated rings. The predicted octanol–water partition coefficient (Wildman–Crippen LogP) is 4.23. The number of hydrogen-bond donors (Lipinski definition) is 1. The first-order chi connectivity index (χ1) is 8.49. The first-order valence-electron chi connectivity index (χ1n) is 6.11. The van der Waals surface area contributed by atoms with Crippen molar-refractivity contribution in [3.8, 4) is 0 Å². The Kier molecular flexibility index (Phi) is 6.39. The van der Waals surface area contributed by atoms with Crippen molar-refractivity contribution in [2.24, 2.45) is 5.73 Å². The van der Waals surface area contributed by atoms with Gasteiger partial charge in [0.1, 0.15) is 9.21 Å². The van der Waals surface area contributed by atoms with Crippen LogP contribution in [0.4, 0.5) is 0 Å². The zero-order valence-corrected chi connectivity index (χ0v) is 12.7. The highest BCUT2D eigenvalue weighted by atomic mass is 35.5. The number of rotatable bonds is 8. The smallest absolute Gasteiger partial charge is 0.260 e. The maximum absolute atomic E-state index is 11.2. The number of hydrogen-bond acceptors (Lipinski definition) is 3. The molecule has 0 radical (unpaired) electrons. The van der Waals surface area contributed by atoms with Crippen LogP contribution in [0.25, 0.3) is 0 Å². The van der Waals surface area contributed by atoms with Crippen LogP contribution >= 0.6 is 34.7 Å². The van der Waals surface area contributed by atoms with Gasteiger partial charge in [-0.05, 0) is 18.0 Å². The second-order valence-electron chi connectivity index (χ2n) is 4.30. The van der Waals surface area contributed by atoms with Gasteiger partial charge in [0, 0.05) is 11.8 Å². The molecule has 0 aliphatic carbocycles. The highest BCUT2D eigenvalue weighted by Gasteiger charge is 2.31. The number of amides is 1. The number of nitrogens with zero attached hydrogens (tertiary/aromatic N) is 1. The molecule has 0 saturated heterocycles. The summed E-state index contributed by atoms with van der Waals surface area (Å²) in [5, 5.41) is 0. The van der Waals surface area contributed by atoms with E-state index in [1.807, 2.05) is 0 Å². The minimum absolute atomic E-state index is 0.355. The van der Waals surface area contributed by atoms with E-state index in [0.29, 0.717) is 16.9 Å². The van der Waals surface area contributed by atoms with Crippen molar-refractivity contribution in [2.45, 2.75) is 49.8 Å². The Labute approximate surface area is 122 Å². The SMILES string of the molecule is CCCCCCCC(Cl)(Cl)c1cnsc1C(N)=O. The second-order valence-corrected chi connectivity index (χ2v) is 6.59. The molecule has 0 saturated carbocycles. The second kappa shape index (κ2) is 7.31. The van der Waals surface area contributed by atoms with Gasteiger partial charge in [0.25, 0.3) is 5.91 Å². The van der Waals surface area contributed by atoms with Gasteiger partial charge in [-0.25, -0.2) is 0 Å². The van der Waals surface area contributed by atoms with Gasteiger partial charge in [0.05, 0.1) is 0 Å². The average molecular weight is 309 g/mol. The topological polar surface area (TPSA) is 56.0 Å². The summed E-state index contributed by atoms with van der Waals surface area (Å²) in [6.45, 7) is 2.17. The molecule has 1 rings (SSSR count). The Morgan fingerprint density at radius 2 is 2.06 bits per heavy atom. The molecule has 1 aromatic rings. The Bertz CT molecular complexity index is 393. The van der Waals surface area contributed by atoms with E-state index in [-0.39, 0.29) is 0 Å². The molecule has 0 aromatic carbocycles. The summed E-state index contributed by atoms with van der Waals surface area (Å²) >= 11 is 13.6. The van der Waals surface area contributed by atoms with E-state index in [1.54, 1.807) is 0 Å². The lowest BCUT2D eigenvalue weighted by molar-refractivity contribution is 0.100. The van der Waals surface area contributed by atoms with E-state index in [1.165, 1.54) is 25.5 Å². The Hall–Kier alpha value is -0.320. The van der Waals surface area contributed by atoms with Crippen molar-refractivity contribution in [3.63, 3.8) is 0 Å². The molecule has 0 aliphatic rings. The fourth-order valence-corrected chi connectivity index (χ4v) is 3.11. The van der Waals surface area contributed by atoms with Crippen LogP contribution in [0, 0.1) is 0 Å². The molecule has 1 aromatic heterocycles. The number of halogens is 2. The van der Waals surface area contributed by atoms with Crippen molar-refractivity contribution in [1.29, 1.82) is 0 Å². The van der Waals surface area contributed by atoms with Crippen molar-refractivity contribution in [3.05, 3.63) is 16.6 Å². The van der Waals surface area contributed by atoms with Crippen LogP contribution in [-0.2, 0) is 4.33 Å². The molecule has 102 valence electrons. The molecule has 0 atom stereocenters. The van der Waals surface area contributed by atoms with Crippen molar-refractivity contribution in [2.75, 3.05) is 0 Å². The molecule has 0 spiro atoms. The van der Waals surface area contributed by atoms with E-state index in [9.17, 15) is 4.79 Å². The van der Waals surface area contributed by atoms with Crippen LogP contribution in [0.1, 0.15) is 60.7 Å². The van der Waals surface area contributed by atoms with Crippen molar-refractivity contribution >= 4 is 40.6 Å². The minimum Gasteiger partial charge on any atom is -0.365 e. The van der Waals surface area contributed by atoms with Gasteiger partial charge in [-0.3, -0.25) is 4.79 Å². The zero-order chi connectivity index (χ0) is 13.6. The van der Waals surface area contributed by atoms with Crippen LogP contribution in [0.15, 0.2) is 6.20 Å². The highest BCUT2D eigenvalue weighted by Crippen LogP contribution is 2.41. The zero-order valence-electron chi connectivity index (χ0n) is 10.4. The number of alkyl halides is 2. The van der Waals surface area contributed by atoms with Crippen molar-refractivity contribution < 1.29 is 4.79 Å². The summed E-state index contributed by atoms with van der Waals surface area (Å²) in [5.41, 5.74) is 5.80. The van der Waals surface area contributed by atoms with E-state index in [4.69, 9.17) is 28.9 Å². The van der Waals surface area contributed by atoms with E-state index < -0.39 is 10.2 Å². The number of nitrogens with two attached hydrogens (primary N) is 1. The lowest BCUT2D eigenvalue weighted by Crippen LogP contribution is -2.17. The lowest BCUT2D eigenvalue weighted by atomic mass is 10.0. The van der Waals surface area contributed by atoms with Crippen molar-refractivity contribution in [1.82, 2.24) is 4.37 Å². The van der Waals surface area contributed by atoms with Gasteiger partial charge >= 0.3 is 0 Å². The van der Waals surface area contributed by atoms with Gasteiger partial charge in [0.2, 0.25) is 0 Å². The monoisotopic (exact) mass is 308 g/mol. The maximum atomic E-state index is 11.2. The van der Waals surface area contributed by atoms with Gasteiger partial charge in [-0.2, -0.15) is 4.37 Å². The van der Waals surface area contributed by atoms with E-state index >= 15 is 0 Å². The lowest BCUT2D eigenvalue weighted by Gasteiger charge is -2.19. The molecule has 1 amide bonds. The van der Waals surface area contributed by atoms with Gasteiger partial charge in [0.15, 0.2) is 0 Å². The van der Waals surface area contributed by atoms with Crippen LogP contribution in [0.5, 0.6) is 0 Å². The molecule has 0 bridgehead atoms. The number of primary amides is 1. The number of aromatic nitrogens is 1. The summed E-state index contributed by atoms with van der Waals surface area (Å²) in [6.07, 6.45) is 7.79. The summed E-state index contributed by atoms with van der Waals surface area (Å²) in [7, 11) is 0. The summed E-state index contributed by atoms with van der Waals surface area (Å²) in [4.78, 5) is 11.6. The summed E-state index contributed by atoms with van der Waals surface area (Å²) in [5.74, 6) is -0.524. The first-order valence-corrected chi connectivity index (χ1v) is 7.64. The normalized spacial score (nSPS) is 11.7. The van der Waals surface area contributed by atoms with E-state index in [2.05, 4.69) is 11.3 Å². The standard InChI is InChI=1S/C12H18Cl2N2OS/c1-2-3-4-5-6-7-12(13,14)9-8-16-18-10(9)11(15)17/h8H,2-7H2,1H3,(H2,15,17). The largest absolute Gasteiger partial charge is 0.365 e. The molecule has 2 N–H and O–H groups in total. The quantitative estimate of drug-likeness (QED) is 0.577. The highest BCUT2D eigenvalue weighted by molar-refractivity contribution is 7.08. The van der Waals surface area contributed by atoms with Gasteiger partial charge in [-0.15, -0.1) is 0 Å². The first kappa shape index (κ1) is 15.7. The van der Waals surface area contributed by atoms with Crippen LogP contribution in [0.3, 0.4) is 0 Å². The molecule has 0 unspecified atom stereocenters. The molecular formula is C12H18Cl2N2OS. The number of unbranched alkanes of at least 4 members (excludes halogenated alkanes) is 4. The number of carbonyl (C=O) groups is 1. The maximum Gasteiger partial charge on any atom is 0.260 e. The molecule has 18 heavy (non-hydrogen) atoms. The van der Waals surface area contributed by atoms with Gasteiger partial charge < -0.3 is 5.73 Å². The fourth-order valence-electron chi connectivity index (χ4n) is 1.76. The third-order valence-corrected chi connectivity index (χ3v) is 4.38. The molecule has 1 heterocycles. The van der Waals surface area contributed by atoms with Crippen LogP contribution < -0.4 is 5.73 Å². The van der Waals surface area contributed by atoms with E-state index in [0.717, 1.165) is 24.4 Å². The van der Waals surface area contributed by atoms with Crippen LogP contribution in [-0.4, -0.2) is 10.3 Å². The van der Waals surface area contributed by atoms with Gasteiger partial charge in [-0.1, -0.05) is 62.2 Å². The third kappa shape index (κ3) is 4.41. The predicted molar refractivity (Wildman–Crippen MR) is 77.4 cm³/mol. The summed E-state index contributed by atoms with van der Waals surface area (Å²) in [6, 6.07) is 0. The third-order valence-electron chi connectivity index (χ3n) is 2.78. The minimum atomic E-state index is -1.07. The van der Waals surface area contributed by atoms with Crippen LogP contribution in [0.2, 0.25) is 0 Å². The number of carbonyl (C=O) groups excluding carboxylic acids is 1. The summed E-state index contributed by atoms with van der Waals surface area (Å²) < 4.78 is 2.87.